The minimum atomic E-state index is 0.702. The lowest BCUT2D eigenvalue weighted by Crippen LogP contribution is -2.30. The average molecular weight is 275 g/mol. The molecule has 0 bridgehead atoms. The lowest BCUT2D eigenvalue weighted by atomic mass is 9.99. The summed E-state index contributed by atoms with van der Waals surface area (Å²) in [6, 6.07) is 9.72. The van der Waals surface area contributed by atoms with Crippen LogP contribution in [0.1, 0.15) is 69.9 Å². The number of rotatable bonds is 11. The molecule has 1 aromatic carbocycles. The zero-order valence-corrected chi connectivity index (χ0v) is 13.8. The van der Waals surface area contributed by atoms with Gasteiger partial charge in [-0.2, -0.15) is 0 Å². The van der Waals surface area contributed by atoms with E-state index in [0.717, 1.165) is 6.54 Å². The van der Waals surface area contributed by atoms with Crippen LogP contribution in [0.25, 0.3) is 0 Å². The summed E-state index contributed by atoms with van der Waals surface area (Å²) in [5.74, 6) is 0. The van der Waals surface area contributed by atoms with Crippen LogP contribution < -0.4 is 5.32 Å². The number of unbranched alkanes of at least 4 members (excludes halogenated alkanes) is 3. The second-order valence-electron chi connectivity index (χ2n) is 6.02. The van der Waals surface area contributed by atoms with Crippen molar-refractivity contribution in [2.45, 2.75) is 78.2 Å². The summed E-state index contributed by atoms with van der Waals surface area (Å²) < 4.78 is 0. The second-order valence-corrected chi connectivity index (χ2v) is 6.02. The molecule has 1 N–H and O–H groups in total. The smallest absolute Gasteiger partial charge is 0.00702 e. The van der Waals surface area contributed by atoms with Gasteiger partial charge in [-0.25, -0.2) is 0 Å². The van der Waals surface area contributed by atoms with E-state index in [-0.39, 0.29) is 0 Å². The molecule has 0 aliphatic rings. The third-order valence-corrected chi connectivity index (χ3v) is 3.99. The maximum atomic E-state index is 3.73. The van der Waals surface area contributed by atoms with E-state index in [1.54, 1.807) is 0 Å². The number of hydrogen-bond acceptors (Lipinski definition) is 1. The van der Waals surface area contributed by atoms with E-state index < -0.39 is 0 Å². The van der Waals surface area contributed by atoms with Gasteiger partial charge in [-0.1, -0.05) is 69.4 Å². The van der Waals surface area contributed by atoms with E-state index in [2.05, 4.69) is 50.4 Å². The van der Waals surface area contributed by atoms with Crippen LogP contribution in [-0.2, 0) is 6.42 Å². The molecule has 1 unspecified atom stereocenters. The topological polar surface area (TPSA) is 12.0 Å². The van der Waals surface area contributed by atoms with Crippen LogP contribution in [0.2, 0.25) is 0 Å². The van der Waals surface area contributed by atoms with Crippen LogP contribution >= 0.6 is 0 Å². The predicted octanol–water partition coefficient (Wildman–Crippen LogP) is 5.27. The Morgan fingerprint density at radius 1 is 0.900 bits per heavy atom. The SMILES string of the molecule is CCCCCCC(CCc1ccc(C)cc1)NCCC. The highest BCUT2D eigenvalue weighted by molar-refractivity contribution is 5.21. The fourth-order valence-corrected chi connectivity index (χ4v) is 2.61. The van der Waals surface area contributed by atoms with Crippen molar-refractivity contribution in [1.29, 1.82) is 0 Å². The zero-order chi connectivity index (χ0) is 14.6. The minimum Gasteiger partial charge on any atom is -0.314 e. The maximum Gasteiger partial charge on any atom is 0.00702 e. The van der Waals surface area contributed by atoms with Gasteiger partial charge >= 0.3 is 0 Å². The van der Waals surface area contributed by atoms with Gasteiger partial charge in [0.15, 0.2) is 0 Å². The quantitative estimate of drug-likeness (QED) is 0.543. The summed E-state index contributed by atoms with van der Waals surface area (Å²) in [5.41, 5.74) is 2.83. The summed E-state index contributed by atoms with van der Waals surface area (Å²) in [7, 11) is 0. The van der Waals surface area contributed by atoms with Crippen molar-refractivity contribution in [3.63, 3.8) is 0 Å². The van der Waals surface area contributed by atoms with Crippen LogP contribution in [0.15, 0.2) is 24.3 Å². The molecular weight excluding hydrogens is 242 g/mol. The van der Waals surface area contributed by atoms with Gasteiger partial charge in [0.1, 0.15) is 0 Å². The Morgan fingerprint density at radius 2 is 1.65 bits per heavy atom. The Hall–Kier alpha value is -0.820. The number of aryl methyl sites for hydroxylation is 2. The molecule has 0 amide bonds. The fraction of sp³-hybridized carbons (Fsp3) is 0.684. The Balaban J connectivity index is 2.32. The summed E-state index contributed by atoms with van der Waals surface area (Å²) in [4.78, 5) is 0. The highest BCUT2D eigenvalue weighted by atomic mass is 14.9. The Labute approximate surface area is 126 Å². The molecule has 1 heteroatoms. The van der Waals surface area contributed by atoms with E-state index in [1.165, 1.54) is 62.5 Å². The molecule has 0 aromatic heterocycles. The van der Waals surface area contributed by atoms with E-state index in [1.807, 2.05) is 0 Å². The third kappa shape index (κ3) is 7.69. The normalized spacial score (nSPS) is 12.6. The number of benzene rings is 1. The van der Waals surface area contributed by atoms with Crippen LogP contribution in [0.5, 0.6) is 0 Å². The van der Waals surface area contributed by atoms with E-state index in [4.69, 9.17) is 0 Å². The molecule has 0 aliphatic carbocycles. The van der Waals surface area contributed by atoms with Crippen LogP contribution in [0.4, 0.5) is 0 Å². The van der Waals surface area contributed by atoms with Gasteiger partial charge in [-0.15, -0.1) is 0 Å². The largest absolute Gasteiger partial charge is 0.314 e. The lowest BCUT2D eigenvalue weighted by Gasteiger charge is -2.18. The van der Waals surface area contributed by atoms with Gasteiger partial charge in [0.2, 0.25) is 0 Å². The Bertz CT molecular complexity index is 328. The summed E-state index contributed by atoms with van der Waals surface area (Å²) in [5, 5.41) is 3.73. The third-order valence-electron chi connectivity index (χ3n) is 3.99. The first-order valence-electron chi connectivity index (χ1n) is 8.55. The molecule has 114 valence electrons. The van der Waals surface area contributed by atoms with Gasteiger partial charge < -0.3 is 5.32 Å². The first kappa shape index (κ1) is 17.2. The van der Waals surface area contributed by atoms with Crippen molar-refractivity contribution in [3.8, 4) is 0 Å². The van der Waals surface area contributed by atoms with Crippen LogP contribution in [-0.4, -0.2) is 12.6 Å². The van der Waals surface area contributed by atoms with E-state index in [9.17, 15) is 0 Å². The lowest BCUT2D eigenvalue weighted by molar-refractivity contribution is 0.432. The molecule has 1 atom stereocenters. The molecule has 1 nitrogen and oxygen atoms in total. The molecule has 0 aliphatic heterocycles. The van der Waals surface area contributed by atoms with E-state index in [0.29, 0.717) is 6.04 Å². The van der Waals surface area contributed by atoms with E-state index >= 15 is 0 Å². The first-order valence-corrected chi connectivity index (χ1v) is 8.55. The molecule has 20 heavy (non-hydrogen) atoms. The van der Waals surface area contributed by atoms with Crippen molar-refractivity contribution in [2.75, 3.05) is 6.54 Å². The average Bonchev–Trinajstić information content (AvgIpc) is 2.47. The molecule has 1 aromatic rings. The number of hydrogen-bond donors (Lipinski definition) is 1. The highest BCUT2D eigenvalue weighted by Crippen LogP contribution is 2.12. The molecule has 0 fully saturated rings. The van der Waals surface area contributed by atoms with Crippen molar-refractivity contribution >= 4 is 0 Å². The van der Waals surface area contributed by atoms with Crippen molar-refractivity contribution in [3.05, 3.63) is 35.4 Å². The Kier molecular flexibility index (Phi) is 9.40. The fourth-order valence-electron chi connectivity index (χ4n) is 2.61. The monoisotopic (exact) mass is 275 g/mol. The molecule has 1 rings (SSSR count). The molecule has 0 saturated carbocycles. The molecule has 0 heterocycles. The Morgan fingerprint density at radius 3 is 2.30 bits per heavy atom. The number of nitrogens with one attached hydrogen (secondary N) is 1. The van der Waals surface area contributed by atoms with Crippen molar-refractivity contribution in [1.82, 2.24) is 5.32 Å². The van der Waals surface area contributed by atoms with Crippen molar-refractivity contribution < 1.29 is 0 Å². The van der Waals surface area contributed by atoms with Gasteiger partial charge in [0, 0.05) is 6.04 Å². The van der Waals surface area contributed by atoms with Crippen LogP contribution in [0.3, 0.4) is 0 Å². The van der Waals surface area contributed by atoms with Crippen LogP contribution in [0, 0.1) is 6.92 Å². The maximum absolute atomic E-state index is 3.73. The molecule has 0 spiro atoms. The van der Waals surface area contributed by atoms with Gasteiger partial charge in [-0.3, -0.25) is 0 Å². The molecular formula is C19H33N. The molecule has 0 radical (unpaired) electrons. The van der Waals surface area contributed by atoms with Gasteiger partial charge in [0.25, 0.3) is 0 Å². The predicted molar refractivity (Wildman–Crippen MR) is 90.3 cm³/mol. The summed E-state index contributed by atoms with van der Waals surface area (Å²) >= 11 is 0. The molecule has 0 saturated heterocycles. The summed E-state index contributed by atoms with van der Waals surface area (Å²) in [6.45, 7) is 7.85. The first-order chi connectivity index (χ1) is 9.76. The van der Waals surface area contributed by atoms with Gasteiger partial charge in [0.05, 0.1) is 0 Å². The highest BCUT2D eigenvalue weighted by Gasteiger charge is 2.07. The summed E-state index contributed by atoms with van der Waals surface area (Å²) in [6.07, 6.45) is 10.5. The zero-order valence-electron chi connectivity index (χ0n) is 13.8. The van der Waals surface area contributed by atoms with Crippen molar-refractivity contribution in [2.24, 2.45) is 0 Å². The standard InChI is InChI=1S/C19H33N/c1-4-6-7-8-9-19(20-16-5-2)15-14-18-12-10-17(3)11-13-18/h10-13,19-20H,4-9,14-16H2,1-3H3. The second kappa shape index (κ2) is 10.9. The van der Waals surface area contributed by atoms with Gasteiger partial charge in [-0.05, 0) is 44.7 Å². The minimum absolute atomic E-state index is 0.702.